The Labute approximate surface area is 129 Å². The van der Waals surface area contributed by atoms with Gasteiger partial charge in [0, 0.05) is 31.1 Å². The summed E-state index contributed by atoms with van der Waals surface area (Å²) in [6, 6.07) is 2.11. The summed E-state index contributed by atoms with van der Waals surface area (Å²) >= 11 is 0. The van der Waals surface area contributed by atoms with Gasteiger partial charge in [0.25, 0.3) is 0 Å². The van der Waals surface area contributed by atoms with E-state index in [4.69, 9.17) is 9.97 Å². The molecule has 4 heteroatoms. The fourth-order valence-corrected chi connectivity index (χ4v) is 2.65. The number of nitrogens with zero attached hydrogens (tertiary/aromatic N) is 3. The van der Waals surface area contributed by atoms with E-state index in [2.05, 4.69) is 50.9 Å². The molecule has 0 saturated carbocycles. The van der Waals surface area contributed by atoms with Gasteiger partial charge in [-0.3, -0.25) is 0 Å². The van der Waals surface area contributed by atoms with Crippen molar-refractivity contribution < 1.29 is 0 Å². The van der Waals surface area contributed by atoms with Crippen molar-refractivity contribution in [2.24, 2.45) is 5.92 Å². The molecule has 0 radical (unpaired) electrons. The van der Waals surface area contributed by atoms with Crippen LogP contribution in [0.15, 0.2) is 6.07 Å². The second-order valence-corrected chi connectivity index (χ2v) is 7.12. The molecule has 1 aliphatic heterocycles. The normalized spacial score (nSPS) is 19.1. The van der Waals surface area contributed by atoms with Gasteiger partial charge < -0.3 is 10.2 Å². The Balaban J connectivity index is 2.27. The molecule has 1 aliphatic rings. The van der Waals surface area contributed by atoms with Gasteiger partial charge in [-0.05, 0) is 18.8 Å². The zero-order chi connectivity index (χ0) is 15.5. The quantitative estimate of drug-likeness (QED) is 0.894. The van der Waals surface area contributed by atoms with Crippen molar-refractivity contribution in [2.75, 3.05) is 29.9 Å². The summed E-state index contributed by atoms with van der Waals surface area (Å²) in [4.78, 5) is 12.0. The van der Waals surface area contributed by atoms with E-state index in [-0.39, 0.29) is 5.41 Å². The largest absolute Gasteiger partial charge is 0.370 e. The molecule has 0 spiro atoms. The van der Waals surface area contributed by atoms with Crippen molar-refractivity contribution in [3.05, 3.63) is 11.9 Å². The molecule has 1 saturated heterocycles. The van der Waals surface area contributed by atoms with Crippen LogP contribution < -0.4 is 10.2 Å². The maximum Gasteiger partial charge on any atom is 0.138 e. The summed E-state index contributed by atoms with van der Waals surface area (Å²) in [7, 11) is 0. The van der Waals surface area contributed by atoms with Crippen LogP contribution in [0.3, 0.4) is 0 Å². The topological polar surface area (TPSA) is 41.0 Å². The minimum absolute atomic E-state index is 0.0253. The second kappa shape index (κ2) is 6.63. The minimum Gasteiger partial charge on any atom is -0.370 e. The van der Waals surface area contributed by atoms with Crippen LogP contribution in [-0.2, 0) is 5.41 Å². The molecule has 1 fully saturated rings. The third kappa shape index (κ3) is 4.08. The molecular formula is C17H30N4. The summed E-state index contributed by atoms with van der Waals surface area (Å²) in [6.45, 7) is 14.2. The van der Waals surface area contributed by atoms with E-state index in [0.29, 0.717) is 0 Å². The molecule has 2 heterocycles. The lowest BCUT2D eigenvalue weighted by Crippen LogP contribution is -2.24. The Morgan fingerprint density at radius 2 is 2.05 bits per heavy atom. The fraction of sp³-hybridized carbons (Fsp3) is 0.765. The Bertz CT molecular complexity index is 464. The van der Waals surface area contributed by atoms with Crippen molar-refractivity contribution in [3.63, 3.8) is 0 Å². The molecule has 1 unspecified atom stereocenters. The first kappa shape index (κ1) is 16.1. The van der Waals surface area contributed by atoms with Gasteiger partial charge in [0.15, 0.2) is 0 Å². The molecule has 1 atom stereocenters. The summed E-state index contributed by atoms with van der Waals surface area (Å²) in [5.74, 6) is 3.79. The van der Waals surface area contributed by atoms with Gasteiger partial charge in [0.1, 0.15) is 17.5 Å². The number of rotatable bonds is 5. The average Bonchev–Trinajstić information content (AvgIpc) is 2.93. The highest BCUT2D eigenvalue weighted by atomic mass is 15.2. The van der Waals surface area contributed by atoms with Crippen LogP contribution in [0.2, 0.25) is 0 Å². The Kier molecular flexibility index (Phi) is 5.07. The lowest BCUT2D eigenvalue weighted by atomic mass is 9.96. The molecule has 21 heavy (non-hydrogen) atoms. The van der Waals surface area contributed by atoms with Crippen molar-refractivity contribution in [1.29, 1.82) is 0 Å². The van der Waals surface area contributed by atoms with Crippen molar-refractivity contribution in [2.45, 2.75) is 59.3 Å². The zero-order valence-electron chi connectivity index (χ0n) is 14.2. The van der Waals surface area contributed by atoms with E-state index in [1.165, 1.54) is 12.8 Å². The molecular weight excluding hydrogens is 260 g/mol. The number of anilines is 2. The molecule has 118 valence electrons. The lowest BCUT2D eigenvalue weighted by molar-refractivity contribution is 0.544. The van der Waals surface area contributed by atoms with E-state index in [9.17, 15) is 0 Å². The molecule has 0 bridgehead atoms. The zero-order valence-corrected chi connectivity index (χ0v) is 14.2. The second-order valence-electron chi connectivity index (χ2n) is 7.12. The Hall–Kier alpha value is -1.32. The van der Waals surface area contributed by atoms with Gasteiger partial charge in [-0.25, -0.2) is 9.97 Å². The van der Waals surface area contributed by atoms with Gasteiger partial charge >= 0.3 is 0 Å². The van der Waals surface area contributed by atoms with E-state index >= 15 is 0 Å². The standard InChI is InChI=1S/C17H30N4/c1-6-9-18-14-11-15(20-16(19-14)17(3,4)5)21-10-8-13(7-2)12-21/h11,13H,6-10,12H2,1-5H3,(H,18,19,20). The van der Waals surface area contributed by atoms with Gasteiger partial charge in [0.05, 0.1) is 0 Å². The molecule has 1 aromatic heterocycles. The highest BCUT2D eigenvalue weighted by Crippen LogP contribution is 2.28. The summed E-state index contributed by atoms with van der Waals surface area (Å²) in [5.41, 5.74) is -0.0253. The Morgan fingerprint density at radius 3 is 2.62 bits per heavy atom. The maximum atomic E-state index is 4.84. The number of hydrogen-bond acceptors (Lipinski definition) is 4. The third-order valence-electron chi connectivity index (χ3n) is 4.13. The van der Waals surface area contributed by atoms with Crippen LogP contribution >= 0.6 is 0 Å². The van der Waals surface area contributed by atoms with Gasteiger partial charge in [-0.15, -0.1) is 0 Å². The first-order valence-corrected chi connectivity index (χ1v) is 8.32. The van der Waals surface area contributed by atoms with E-state index in [1.54, 1.807) is 0 Å². The van der Waals surface area contributed by atoms with E-state index < -0.39 is 0 Å². The summed E-state index contributed by atoms with van der Waals surface area (Å²) < 4.78 is 0. The minimum atomic E-state index is -0.0253. The molecule has 2 rings (SSSR count). The van der Waals surface area contributed by atoms with Crippen molar-refractivity contribution in [1.82, 2.24) is 9.97 Å². The van der Waals surface area contributed by atoms with Crippen LogP contribution in [0, 0.1) is 5.92 Å². The summed E-state index contributed by atoms with van der Waals surface area (Å²) in [5, 5.41) is 3.42. The average molecular weight is 290 g/mol. The monoisotopic (exact) mass is 290 g/mol. The van der Waals surface area contributed by atoms with Crippen molar-refractivity contribution >= 4 is 11.6 Å². The maximum absolute atomic E-state index is 4.84. The summed E-state index contributed by atoms with van der Waals surface area (Å²) in [6.07, 6.45) is 3.64. The predicted octanol–water partition coefficient (Wildman–Crippen LogP) is 3.83. The van der Waals surface area contributed by atoms with E-state index in [0.717, 1.165) is 49.4 Å². The van der Waals surface area contributed by atoms with Gasteiger partial charge in [-0.1, -0.05) is 41.0 Å². The SMILES string of the molecule is CCCNc1cc(N2CCC(CC)C2)nc(C(C)(C)C)n1. The van der Waals surface area contributed by atoms with Gasteiger partial charge in [-0.2, -0.15) is 0 Å². The highest BCUT2D eigenvalue weighted by Gasteiger charge is 2.25. The van der Waals surface area contributed by atoms with Crippen LogP contribution in [0.5, 0.6) is 0 Å². The number of hydrogen-bond donors (Lipinski definition) is 1. The van der Waals surface area contributed by atoms with Crippen LogP contribution in [0.4, 0.5) is 11.6 Å². The first-order valence-electron chi connectivity index (χ1n) is 8.32. The molecule has 4 nitrogen and oxygen atoms in total. The van der Waals surface area contributed by atoms with Crippen LogP contribution in [0.1, 0.15) is 59.7 Å². The smallest absolute Gasteiger partial charge is 0.138 e. The molecule has 1 aromatic rings. The molecule has 1 N–H and O–H groups in total. The van der Waals surface area contributed by atoms with Gasteiger partial charge in [0.2, 0.25) is 0 Å². The molecule has 0 aliphatic carbocycles. The predicted molar refractivity (Wildman–Crippen MR) is 90.1 cm³/mol. The van der Waals surface area contributed by atoms with Crippen LogP contribution in [0.25, 0.3) is 0 Å². The fourth-order valence-electron chi connectivity index (χ4n) is 2.65. The number of aromatic nitrogens is 2. The molecule has 0 amide bonds. The number of nitrogens with one attached hydrogen (secondary N) is 1. The molecule has 0 aromatic carbocycles. The Morgan fingerprint density at radius 1 is 1.29 bits per heavy atom. The lowest BCUT2D eigenvalue weighted by Gasteiger charge is -2.23. The van der Waals surface area contributed by atoms with Crippen LogP contribution in [-0.4, -0.2) is 29.6 Å². The third-order valence-corrected chi connectivity index (χ3v) is 4.13. The highest BCUT2D eigenvalue weighted by molar-refractivity contribution is 5.50. The van der Waals surface area contributed by atoms with Crippen molar-refractivity contribution in [3.8, 4) is 0 Å². The van der Waals surface area contributed by atoms with E-state index in [1.807, 2.05) is 0 Å². The first-order chi connectivity index (χ1) is 9.94.